The molecular formula is C14H30N2. The van der Waals surface area contributed by atoms with Crippen LogP contribution in [0.15, 0.2) is 0 Å². The fourth-order valence-electron chi connectivity index (χ4n) is 3.00. The van der Waals surface area contributed by atoms with Gasteiger partial charge in [0.2, 0.25) is 0 Å². The largest absolute Gasteiger partial charge is 0.293 e. The summed E-state index contributed by atoms with van der Waals surface area (Å²) >= 11 is 0. The van der Waals surface area contributed by atoms with Crippen molar-refractivity contribution in [2.45, 2.75) is 78.6 Å². The number of nitrogens with zero attached hydrogens (tertiary/aromatic N) is 2. The number of hydrogen-bond donors (Lipinski definition) is 0. The predicted octanol–water partition coefficient (Wildman–Crippen LogP) is 2.98. The summed E-state index contributed by atoms with van der Waals surface area (Å²) in [6.45, 7) is 21.0. The van der Waals surface area contributed by atoms with Crippen LogP contribution in [-0.4, -0.2) is 46.1 Å². The molecule has 1 heterocycles. The summed E-state index contributed by atoms with van der Waals surface area (Å²) in [5.74, 6) is 0. The zero-order valence-electron chi connectivity index (χ0n) is 12.5. The molecule has 2 atom stereocenters. The first-order valence-electron chi connectivity index (χ1n) is 6.57. The average molecular weight is 226 g/mol. The van der Waals surface area contributed by atoms with E-state index >= 15 is 0 Å². The summed E-state index contributed by atoms with van der Waals surface area (Å²) in [6, 6.07) is 1.30. The van der Waals surface area contributed by atoms with Gasteiger partial charge in [-0.3, -0.25) is 9.80 Å². The second-order valence-corrected chi connectivity index (χ2v) is 7.34. The van der Waals surface area contributed by atoms with Crippen molar-refractivity contribution in [2.75, 3.05) is 13.1 Å². The average Bonchev–Trinajstić information content (AvgIpc) is 2.04. The van der Waals surface area contributed by atoms with Crippen LogP contribution >= 0.6 is 0 Å². The maximum atomic E-state index is 2.64. The second-order valence-electron chi connectivity index (χ2n) is 7.34. The van der Waals surface area contributed by atoms with Crippen molar-refractivity contribution in [3.63, 3.8) is 0 Å². The first-order valence-corrected chi connectivity index (χ1v) is 6.57. The lowest BCUT2D eigenvalue weighted by Gasteiger charge is -2.53. The molecule has 0 bridgehead atoms. The van der Waals surface area contributed by atoms with E-state index in [1.807, 2.05) is 0 Å². The summed E-state index contributed by atoms with van der Waals surface area (Å²) < 4.78 is 0. The molecule has 0 radical (unpaired) electrons. The van der Waals surface area contributed by atoms with Crippen molar-refractivity contribution < 1.29 is 0 Å². The van der Waals surface area contributed by atoms with Gasteiger partial charge in [0.05, 0.1) is 0 Å². The molecule has 1 fully saturated rings. The molecule has 0 aromatic rings. The van der Waals surface area contributed by atoms with E-state index in [-0.39, 0.29) is 11.1 Å². The lowest BCUT2D eigenvalue weighted by Crippen LogP contribution is -2.65. The zero-order valence-corrected chi connectivity index (χ0v) is 12.5. The van der Waals surface area contributed by atoms with Gasteiger partial charge in [-0.25, -0.2) is 0 Å². The third-order valence-electron chi connectivity index (χ3n) is 3.71. The quantitative estimate of drug-likeness (QED) is 0.626. The van der Waals surface area contributed by atoms with Gasteiger partial charge in [0, 0.05) is 36.3 Å². The normalized spacial score (nSPS) is 30.8. The van der Waals surface area contributed by atoms with Gasteiger partial charge in [0.1, 0.15) is 0 Å². The van der Waals surface area contributed by atoms with Crippen molar-refractivity contribution in [3.05, 3.63) is 0 Å². The van der Waals surface area contributed by atoms with Gasteiger partial charge in [-0.2, -0.15) is 0 Å². The third kappa shape index (κ3) is 2.98. The van der Waals surface area contributed by atoms with Crippen LogP contribution in [-0.2, 0) is 0 Å². The maximum Gasteiger partial charge on any atom is 0.0201 e. The Labute approximate surface area is 102 Å². The fourth-order valence-corrected chi connectivity index (χ4v) is 3.00. The molecule has 0 amide bonds. The smallest absolute Gasteiger partial charge is 0.0201 e. The van der Waals surface area contributed by atoms with Gasteiger partial charge in [-0.1, -0.05) is 0 Å². The lowest BCUT2D eigenvalue weighted by molar-refractivity contribution is -0.0470. The van der Waals surface area contributed by atoms with Crippen LogP contribution in [0, 0.1) is 0 Å². The molecule has 1 saturated heterocycles. The van der Waals surface area contributed by atoms with E-state index in [1.165, 1.54) is 13.1 Å². The van der Waals surface area contributed by atoms with E-state index in [4.69, 9.17) is 0 Å². The third-order valence-corrected chi connectivity index (χ3v) is 3.71. The van der Waals surface area contributed by atoms with Gasteiger partial charge in [-0.05, 0) is 55.4 Å². The minimum Gasteiger partial charge on any atom is -0.293 e. The van der Waals surface area contributed by atoms with Crippen LogP contribution in [0.3, 0.4) is 0 Å². The molecule has 2 nitrogen and oxygen atoms in total. The van der Waals surface area contributed by atoms with Crippen molar-refractivity contribution in [1.29, 1.82) is 0 Å². The molecule has 1 aliphatic heterocycles. The summed E-state index contributed by atoms with van der Waals surface area (Å²) in [6.07, 6.45) is 0. The molecule has 0 aromatic heterocycles. The minimum absolute atomic E-state index is 0.289. The monoisotopic (exact) mass is 226 g/mol. The zero-order chi connectivity index (χ0) is 12.7. The van der Waals surface area contributed by atoms with E-state index in [2.05, 4.69) is 65.2 Å². The van der Waals surface area contributed by atoms with Crippen LogP contribution in [0.4, 0.5) is 0 Å². The van der Waals surface area contributed by atoms with Crippen molar-refractivity contribution >= 4 is 0 Å². The van der Waals surface area contributed by atoms with E-state index in [9.17, 15) is 0 Å². The molecule has 0 unspecified atom stereocenters. The Morgan fingerprint density at radius 3 is 1.12 bits per heavy atom. The topological polar surface area (TPSA) is 6.48 Å². The summed E-state index contributed by atoms with van der Waals surface area (Å²) in [5.41, 5.74) is 0.579. The Morgan fingerprint density at radius 2 is 0.938 bits per heavy atom. The molecule has 1 aliphatic rings. The highest BCUT2D eigenvalue weighted by Gasteiger charge is 2.38. The van der Waals surface area contributed by atoms with Crippen molar-refractivity contribution in [2.24, 2.45) is 0 Å². The summed E-state index contributed by atoms with van der Waals surface area (Å²) in [4.78, 5) is 5.28. The standard InChI is InChI=1S/C14H30N2/c1-11-9-16(14(6,7)8)12(2)10-15(11)13(3,4)5/h11-12H,9-10H2,1-8H3/t11-,12+. The Bertz CT molecular complexity index is 208. The highest BCUT2D eigenvalue weighted by Crippen LogP contribution is 2.28. The van der Waals surface area contributed by atoms with E-state index < -0.39 is 0 Å². The highest BCUT2D eigenvalue weighted by atomic mass is 15.3. The van der Waals surface area contributed by atoms with Crippen LogP contribution < -0.4 is 0 Å². The number of piperazine rings is 1. The minimum atomic E-state index is 0.289. The highest BCUT2D eigenvalue weighted by molar-refractivity contribution is 4.94. The molecule has 0 aliphatic carbocycles. The maximum absolute atomic E-state index is 2.64. The van der Waals surface area contributed by atoms with Crippen molar-refractivity contribution in [3.8, 4) is 0 Å². The van der Waals surface area contributed by atoms with Crippen LogP contribution in [0.1, 0.15) is 55.4 Å². The van der Waals surface area contributed by atoms with E-state index in [1.54, 1.807) is 0 Å². The Kier molecular flexibility index (Phi) is 3.76. The van der Waals surface area contributed by atoms with Gasteiger partial charge >= 0.3 is 0 Å². The number of rotatable bonds is 0. The van der Waals surface area contributed by atoms with Gasteiger partial charge < -0.3 is 0 Å². The molecule has 0 N–H and O–H groups in total. The molecule has 96 valence electrons. The first kappa shape index (κ1) is 14.0. The Hall–Kier alpha value is -0.0800. The Balaban J connectivity index is 2.79. The lowest BCUT2D eigenvalue weighted by atomic mass is 9.94. The fraction of sp³-hybridized carbons (Fsp3) is 1.00. The van der Waals surface area contributed by atoms with Crippen molar-refractivity contribution in [1.82, 2.24) is 9.80 Å². The molecular weight excluding hydrogens is 196 g/mol. The van der Waals surface area contributed by atoms with E-state index in [0.717, 1.165) is 0 Å². The SMILES string of the molecule is C[C@@H]1CN(C(C)(C)C)[C@@H](C)CN1C(C)(C)C. The summed E-state index contributed by atoms with van der Waals surface area (Å²) in [5, 5.41) is 0. The van der Waals surface area contributed by atoms with Gasteiger partial charge in [-0.15, -0.1) is 0 Å². The van der Waals surface area contributed by atoms with Crippen LogP contribution in [0.2, 0.25) is 0 Å². The molecule has 0 saturated carbocycles. The van der Waals surface area contributed by atoms with E-state index in [0.29, 0.717) is 12.1 Å². The van der Waals surface area contributed by atoms with Gasteiger partial charge in [0.15, 0.2) is 0 Å². The van der Waals surface area contributed by atoms with Crippen LogP contribution in [0.25, 0.3) is 0 Å². The summed E-state index contributed by atoms with van der Waals surface area (Å²) in [7, 11) is 0. The molecule has 0 spiro atoms. The Morgan fingerprint density at radius 1 is 0.688 bits per heavy atom. The van der Waals surface area contributed by atoms with Gasteiger partial charge in [0.25, 0.3) is 0 Å². The van der Waals surface area contributed by atoms with Crippen LogP contribution in [0.5, 0.6) is 0 Å². The number of hydrogen-bond acceptors (Lipinski definition) is 2. The molecule has 0 aromatic carbocycles. The molecule has 16 heavy (non-hydrogen) atoms. The first-order chi connectivity index (χ1) is 7.03. The molecule has 1 rings (SSSR count). The molecule has 2 heteroatoms. The second kappa shape index (κ2) is 4.30. The predicted molar refractivity (Wildman–Crippen MR) is 71.8 cm³/mol.